The molecule has 0 aliphatic heterocycles. The average Bonchev–Trinajstić information content (AvgIpc) is 2.53. The molecule has 0 saturated heterocycles. The molecule has 0 aliphatic carbocycles. The predicted octanol–water partition coefficient (Wildman–Crippen LogP) is 5.43. The van der Waals surface area contributed by atoms with Crippen LogP contribution in [0.2, 0.25) is 0 Å². The van der Waals surface area contributed by atoms with Crippen LogP contribution in [0.25, 0.3) is 0 Å². The molecule has 24 heavy (non-hydrogen) atoms. The van der Waals surface area contributed by atoms with Gasteiger partial charge in [-0.05, 0) is 52.3 Å². The minimum atomic E-state index is -0.0368. The second-order valence-corrected chi connectivity index (χ2v) is 7.42. The summed E-state index contributed by atoms with van der Waals surface area (Å²) in [6, 6.07) is 11.6. The molecular formula is C18H20Br2N2O2. The third kappa shape index (κ3) is 4.98. The summed E-state index contributed by atoms with van der Waals surface area (Å²) in [6.07, 6.45) is 0. The normalized spacial score (nSPS) is 10.6. The molecule has 6 heteroatoms. The summed E-state index contributed by atoms with van der Waals surface area (Å²) < 4.78 is 7.34. The molecule has 0 spiro atoms. The van der Waals surface area contributed by atoms with Gasteiger partial charge < -0.3 is 15.4 Å². The number of anilines is 2. The number of hydrogen-bond acceptors (Lipinski definition) is 3. The third-order valence-electron chi connectivity index (χ3n) is 3.45. The molecule has 0 saturated carbocycles. The van der Waals surface area contributed by atoms with Crippen molar-refractivity contribution in [1.82, 2.24) is 0 Å². The van der Waals surface area contributed by atoms with Crippen LogP contribution in [0.3, 0.4) is 0 Å². The molecule has 0 radical (unpaired) electrons. The topological polar surface area (TPSA) is 50.4 Å². The number of benzene rings is 2. The minimum Gasteiger partial charge on any atom is -0.495 e. The van der Waals surface area contributed by atoms with Crippen LogP contribution in [0, 0.1) is 5.92 Å². The van der Waals surface area contributed by atoms with E-state index in [1.165, 1.54) is 0 Å². The van der Waals surface area contributed by atoms with Gasteiger partial charge in [0.05, 0.1) is 11.6 Å². The molecular weight excluding hydrogens is 436 g/mol. The maximum absolute atomic E-state index is 11.7. The zero-order chi connectivity index (χ0) is 17.7. The van der Waals surface area contributed by atoms with Gasteiger partial charge in [0.25, 0.3) is 0 Å². The van der Waals surface area contributed by atoms with Crippen molar-refractivity contribution in [1.29, 1.82) is 0 Å². The maximum atomic E-state index is 11.7. The van der Waals surface area contributed by atoms with E-state index in [0.717, 1.165) is 31.6 Å². The Morgan fingerprint density at radius 3 is 2.33 bits per heavy atom. The number of hydrogen-bond donors (Lipinski definition) is 2. The van der Waals surface area contributed by atoms with Gasteiger partial charge in [0, 0.05) is 33.9 Å². The number of amides is 1. The smallest absolute Gasteiger partial charge is 0.226 e. The highest BCUT2D eigenvalue weighted by atomic mass is 79.9. The summed E-state index contributed by atoms with van der Waals surface area (Å²) in [7, 11) is 1.66. The molecule has 2 aromatic rings. The summed E-state index contributed by atoms with van der Waals surface area (Å²) in [5.41, 5.74) is 2.80. The van der Waals surface area contributed by atoms with E-state index in [1.54, 1.807) is 7.11 Å². The lowest BCUT2D eigenvalue weighted by atomic mass is 10.2. The zero-order valence-corrected chi connectivity index (χ0v) is 17.0. The molecule has 0 bridgehead atoms. The van der Waals surface area contributed by atoms with Gasteiger partial charge in [0.15, 0.2) is 0 Å². The Kier molecular flexibility index (Phi) is 6.69. The van der Waals surface area contributed by atoms with Crippen LogP contribution in [0.1, 0.15) is 19.4 Å². The van der Waals surface area contributed by atoms with Crippen LogP contribution in [0.4, 0.5) is 11.4 Å². The molecule has 0 aromatic heterocycles. The molecule has 0 fully saturated rings. The average molecular weight is 456 g/mol. The highest BCUT2D eigenvalue weighted by Crippen LogP contribution is 2.33. The van der Waals surface area contributed by atoms with Crippen LogP contribution in [0.5, 0.6) is 5.75 Å². The Labute approximate surface area is 159 Å². The summed E-state index contributed by atoms with van der Waals surface area (Å²) >= 11 is 7.00. The van der Waals surface area contributed by atoms with Crippen molar-refractivity contribution in [3.8, 4) is 5.75 Å². The van der Waals surface area contributed by atoms with E-state index in [0.29, 0.717) is 6.54 Å². The Bertz CT molecular complexity index is 716. The van der Waals surface area contributed by atoms with Crippen molar-refractivity contribution in [2.45, 2.75) is 20.4 Å². The van der Waals surface area contributed by atoms with E-state index in [-0.39, 0.29) is 11.8 Å². The fourth-order valence-electron chi connectivity index (χ4n) is 2.13. The van der Waals surface area contributed by atoms with E-state index >= 15 is 0 Å². The number of rotatable bonds is 6. The van der Waals surface area contributed by atoms with Crippen molar-refractivity contribution >= 4 is 49.1 Å². The standard InChI is InChI=1S/C18H20Br2N2O2/c1-11(2)18(23)22-15-6-4-14(5-7-15)21-10-12-8-13(19)9-16(20)17(12)24-3/h4-9,11,21H,10H2,1-3H3,(H,22,23). The van der Waals surface area contributed by atoms with Crippen molar-refractivity contribution in [3.63, 3.8) is 0 Å². The fraction of sp³-hybridized carbons (Fsp3) is 0.278. The first-order chi connectivity index (χ1) is 11.4. The van der Waals surface area contributed by atoms with Crippen LogP contribution in [0.15, 0.2) is 45.3 Å². The molecule has 1 amide bonds. The number of ether oxygens (including phenoxy) is 1. The van der Waals surface area contributed by atoms with Crippen LogP contribution < -0.4 is 15.4 Å². The van der Waals surface area contributed by atoms with Gasteiger partial charge in [-0.1, -0.05) is 29.8 Å². The predicted molar refractivity (Wildman–Crippen MR) is 106 cm³/mol. The van der Waals surface area contributed by atoms with Crippen LogP contribution >= 0.6 is 31.9 Å². The first kappa shape index (κ1) is 18.8. The summed E-state index contributed by atoms with van der Waals surface area (Å²) in [5.74, 6) is 0.788. The Morgan fingerprint density at radius 1 is 1.12 bits per heavy atom. The monoisotopic (exact) mass is 454 g/mol. The van der Waals surface area contributed by atoms with Gasteiger partial charge in [-0.3, -0.25) is 4.79 Å². The minimum absolute atomic E-state index is 0.0134. The van der Waals surface area contributed by atoms with Gasteiger partial charge in [0.2, 0.25) is 5.91 Å². The SMILES string of the molecule is COc1c(Br)cc(Br)cc1CNc1ccc(NC(=O)C(C)C)cc1. The molecule has 4 nitrogen and oxygen atoms in total. The summed E-state index contributed by atoms with van der Waals surface area (Å²) in [5, 5.41) is 6.24. The lowest BCUT2D eigenvalue weighted by Crippen LogP contribution is -2.17. The van der Waals surface area contributed by atoms with Gasteiger partial charge in [-0.2, -0.15) is 0 Å². The van der Waals surface area contributed by atoms with Crippen molar-refractivity contribution < 1.29 is 9.53 Å². The molecule has 0 unspecified atom stereocenters. The van der Waals surface area contributed by atoms with E-state index in [9.17, 15) is 4.79 Å². The van der Waals surface area contributed by atoms with Crippen molar-refractivity contribution in [2.24, 2.45) is 5.92 Å². The lowest BCUT2D eigenvalue weighted by molar-refractivity contribution is -0.118. The van der Waals surface area contributed by atoms with Gasteiger partial charge in [-0.15, -0.1) is 0 Å². The first-order valence-electron chi connectivity index (χ1n) is 7.57. The number of nitrogens with one attached hydrogen (secondary N) is 2. The number of methoxy groups -OCH3 is 1. The van der Waals surface area contributed by atoms with Crippen LogP contribution in [-0.2, 0) is 11.3 Å². The Hall–Kier alpha value is -1.53. The van der Waals surface area contributed by atoms with E-state index < -0.39 is 0 Å². The largest absolute Gasteiger partial charge is 0.495 e. The second kappa shape index (κ2) is 8.53. The van der Waals surface area contributed by atoms with Gasteiger partial charge in [0.1, 0.15) is 5.75 Å². The van der Waals surface area contributed by atoms with Gasteiger partial charge in [-0.25, -0.2) is 0 Å². The fourth-order valence-corrected chi connectivity index (χ4v) is 3.60. The molecule has 0 atom stereocenters. The molecule has 0 heterocycles. The summed E-state index contributed by atoms with van der Waals surface area (Å²) in [6.45, 7) is 4.36. The maximum Gasteiger partial charge on any atom is 0.226 e. The summed E-state index contributed by atoms with van der Waals surface area (Å²) in [4.78, 5) is 11.7. The zero-order valence-electron chi connectivity index (χ0n) is 13.8. The molecule has 0 aliphatic rings. The third-order valence-corrected chi connectivity index (χ3v) is 4.50. The highest BCUT2D eigenvalue weighted by Gasteiger charge is 2.10. The Balaban J connectivity index is 2.04. The quantitative estimate of drug-likeness (QED) is 0.610. The van der Waals surface area contributed by atoms with E-state index in [1.807, 2.05) is 50.2 Å². The molecule has 2 N–H and O–H groups in total. The first-order valence-corrected chi connectivity index (χ1v) is 9.16. The van der Waals surface area contributed by atoms with Crippen LogP contribution in [-0.4, -0.2) is 13.0 Å². The van der Waals surface area contributed by atoms with Gasteiger partial charge >= 0.3 is 0 Å². The number of halogens is 2. The highest BCUT2D eigenvalue weighted by molar-refractivity contribution is 9.11. The van der Waals surface area contributed by atoms with E-state index in [4.69, 9.17) is 4.74 Å². The molecule has 2 rings (SSSR count). The molecule has 128 valence electrons. The van der Waals surface area contributed by atoms with E-state index in [2.05, 4.69) is 42.5 Å². The number of carbonyl (C=O) groups excluding carboxylic acids is 1. The molecule has 2 aromatic carbocycles. The van der Waals surface area contributed by atoms with Crippen molar-refractivity contribution in [3.05, 3.63) is 50.9 Å². The van der Waals surface area contributed by atoms with Crippen molar-refractivity contribution in [2.75, 3.05) is 17.7 Å². The Morgan fingerprint density at radius 2 is 1.75 bits per heavy atom. The number of carbonyl (C=O) groups is 1. The lowest BCUT2D eigenvalue weighted by Gasteiger charge is -2.13. The second-order valence-electron chi connectivity index (χ2n) is 5.65.